The highest BCUT2D eigenvalue weighted by Gasteiger charge is 2.74. The van der Waals surface area contributed by atoms with E-state index in [1.54, 1.807) is 0 Å². The molecule has 4 nitrogen and oxygen atoms in total. The van der Waals surface area contributed by atoms with Crippen molar-refractivity contribution in [3.8, 4) is 5.75 Å². The quantitative estimate of drug-likeness (QED) is 0.211. The van der Waals surface area contributed by atoms with Gasteiger partial charge in [-0.2, -0.15) is 43.9 Å². The summed E-state index contributed by atoms with van der Waals surface area (Å²) in [4.78, 5) is 0. The van der Waals surface area contributed by atoms with Crippen LogP contribution in [0.5, 0.6) is 5.75 Å². The Kier molecular flexibility index (Phi) is 9.68. The van der Waals surface area contributed by atoms with Crippen molar-refractivity contribution in [3.05, 3.63) is 101 Å². The Morgan fingerprint density at radius 2 is 1.28 bits per heavy atom. The zero-order chi connectivity index (χ0) is 32.4. The Bertz CT molecular complexity index is 1350. The number of aliphatic hydroxyl groups is 2. The molecule has 0 bridgehead atoms. The van der Waals surface area contributed by atoms with E-state index in [0.29, 0.717) is 12.1 Å². The molecular weight excluding hydrogens is 614 g/mol. The SMILES string of the molecule is OC(CNC(Cc1ccccc1)(c1ccc(F)cc1)c1cc(F)cc(OC(F)(F)C(F)F)c1)C(O)(C(F)(F)F)C(F)(F)F. The molecule has 3 rings (SSSR count). The van der Waals surface area contributed by atoms with E-state index in [1.165, 1.54) is 30.3 Å². The highest BCUT2D eigenvalue weighted by atomic mass is 19.4. The maximum Gasteiger partial charge on any atom is 0.461 e. The van der Waals surface area contributed by atoms with Crippen molar-refractivity contribution in [1.82, 2.24) is 5.32 Å². The minimum absolute atomic E-state index is 0.218. The van der Waals surface area contributed by atoms with Crippen molar-refractivity contribution < 1.29 is 67.6 Å². The largest absolute Gasteiger partial charge is 0.461 e. The predicted molar refractivity (Wildman–Crippen MR) is 126 cm³/mol. The van der Waals surface area contributed by atoms with Gasteiger partial charge in [0.05, 0.1) is 5.54 Å². The van der Waals surface area contributed by atoms with Gasteiger partial charge in [0.15, 0.2) is 0 Å². The third-order valence-electron chi connectivity index (χ3n) is 6.46. The van der Waals surface area contributed by atoms with Crippen LogP contribution in [0.15, 0.2) is 72.8 Å². The summed E-state index contributed by atoms with van der Waals surface area (Å²) in [5, 5.41) is 22.0. The molecule has 0 saturated carbocycles. The number of nitrogens with one attached hydrogen (secondary N) is 1. The summed E-state index contributed by atoms with van der Waals surface area (Å²) in [5.41, 5.74) is -8.54. The molecule has 0 radical (unpaired) electrons. The van der Waals surface area contributed by atoms with Gasteiger partial charge >= 0.3 is 24.9 Å². The second-order valence-corrected chi connectivity index (χ2v) is 9.37. The van der Waals surface area contributed by atoms with Gasteiger partial charge in [-0.05, 0) is 47.4 Å². The number of aliphatic hydroxyl groups excluding tert-OH is 1. The van der Waals surface area contributed by atoms with Crippen LogP contribution in [-0.2, 0) is 12.0 Å². The van der Waals surface area contributed by atoms with Crippen LogP contribution in [0.25, 0.3) is 0 Å². The normalized spacial score (nSPS) is 15.3. The molecule has 43 heavy (non-hydrogen) atoms. The topological polar surface area (TPSA) is 61.7 Å². The number of hydrogen-bond acceptors (Lipinski definition) is 4. The molecule has 0 heterocycles. The summed E-state index contributed by atoms with van der Waals surface area (Å²) in [7, 11) is 0. The number of hydrogen-bond donors (Lipinski definition) is 3. The van der Waals surface area contributed by atoms with Crippen LogP contribution in [0.2, 0.25) is 0 Å². The van der Waals surface area contributed by atoms with E-state index in [2.05, 4.69) is 10.1 Å². The van der Waals surface area contributed by atoms with Gasteiger partial charge in [0, 0.05) is 12.6 Å². The summed E-state index contributed by atoms with van der Waals surface area (Å²) < 4.78 is 166. The van der Waals surface area contributed by atoms with Gasteiger partial charge in [-0.25, -0.2) is 8.78 Å². The highest BCUT2D eigenvalue weighted by molar-refractivity contribution is 5.44. The molecule has 0 aliphatic heterocycles. The fourth-order valence-electron chi connectivity index (χ4n) is 4.30. The summed E-state index contributed by atoms with van der Waals surface area (Å²) in [6, 6.07) is 12.2. The van der Waals surface area contributed by atoms with E-state index in [0.717, 1.165) is 24.3 Å². The van der Waals surface area contributed by atoms with Crippen LogP contribution < -0.4 is 10.1 Å². The third-order valence-corrected chi connectivity index (χ3v) is 6.46. The van der Waals surface area contributed by atoms with E-state index in [4.69, 9.17) is 0 Å². The fourth-order valence-corrected chi connectivity index (χ4v) is 4.30. The number of halogens is 12. The van der Waals surface area contributed by atoms with Crippen LogP contribution >= 0.6 is 0 Å². The highest BCUT2D eigenvalue weighted by Crippen LogP contribution is 2.46. The van der Waals surface area contributed by atoms with Crippen molar-refractivity contribution in [2.24, 2.45) is 0 Å². The van der Waals surface area contributed by atoms with Crippen molar-refractivity contribution in [1.29, 1.82) is 0 Å². The van der Waals surface area contributed by atoms with Gasteiger partial charge in [-0.3, -0.25) is 0 Å². The summed E-state index contributed by atoms with van der Waals surface area (Å²) in [5.74, 6) is -3.51. The molecule has 0 fully saturated rings. The minimum atomic E-state index is -6.45. The first-order chi connectivity index (χ1) is 19.7. The van der Waals surface area contributed by atoms with Gasteiger partial charge in [0.25, 0.3) is 5.60 Å². The Labute approximate surface area is 235 Å². The molecule has 3 N–H and O–H groups in total. The number of benzene rings is 3. The monoisotopic (exact) mass is 635 g/mol. The van der Waals surface area contributed by atoms with Crippen LogP contribution in [-0.4, -0.2) is 53.3 Å². The average Bonchev–Trinajstić information content (AvgIpc) is 2.89. The van der Waals surface area contributed by atoms with Crippen LogP contribution in [0.4, 0.5) is 52.7 Å². The van der Waals surface area contributed by atoms with E-state index in [-0.39, 0.29) is 17.2 Å². The van der Waals surface area contributed by atoms with Gasteiger partial charge in [-0.1, -0.05) is 42.5 Å². The molecule has 0 amide bonds. The number of ether oxygens (including phenoxy) is 1. The molecule has 0 aromatic heterocycles. The van der Waals surface area contributed by atoms with E-state index in [9.17, 15) is 62.9 Å². The maximum absolute atomic E-state index is 14.8. The van der Waals surface area contributed by atoms with Crippen molar-refractivity contribution in [2.45, 2.75) is 48.6 Å². The predicted octanol–water partition coefficient (Wildman–Crippen LogP) is 6.49. The van der Waals surface area contributed by atoms with Gasteiger partial charge in [0.2, 0.25) is 0 Å². The second-order valence-electron chi connectivity index (χ2n) is 9.37. The van der Waals surface area contributed by atoms with Crippen molar-refractivity contribution >= 4 is 0 Å². The molecule has 236 valence electrons. The maximum atomic E-state index is 14.8. The van der Waals surface area contributed by atoms with Crippen molar-refractivity contribution in [3.63, 3.8) is 0 Å². The third kappa shape index (κ3) is 7.18. The molecule has 2 atom stereocenters. The molecular formula is C27H21F12NO3. The molecule has 0 saturated heterocycles. The standard InChI is InChI=1S/C27H21F12NO3/c28-18-8-6-16(7-9-18)23(13-15-4-2-1-3-5-15,40-14-21(41)24(42,26(34,35)36)27(37,38)39)17-10-19(29)12-20(11-17)43-25(32,33)22(30)31/h1-12,21-22,40-42H,13-14H2. The zero-order valence-corrected chi connectivity index (χ0v) is 21.3. The Morgan fingerprint density at radius 3 is 1.79 bits per heavy atom. The molecule has 16 heteroatoms. The first kappa shape index (κ1) is 34.0. The smallest absolute Gasteiger partial charge is 0.428 e. The first-order valence-electron chi connectivity index (χ1n) is 12.0. The van der Waals surface area contributed by atoms with Crippen LogP contribution in [0, 0.1) is 11.6 Å². The summed E-state index contributed by atoms with van der Waals surface area (Å²) in [6.45, 7) is -1.74. The van der Waals surface area contributed by atoms with Crippen molar-refractivity contribution in [2.75, 3.05) is 6.54 Å². The molecule has 3 aromatic rings. The lowest BCUT2D eigenvalue weighted by molar-refractivity contribution is -0.390. The lowest BCUT2D eigenvalue weighted by Gasteiger charge is -2.41. The lowest BCUT2D eigenvalue weighted by Crippen LogP contribution is -2.67. The number of rotatable bonds is 11. The average molecular weight is 635 g/mol. The summed E-state index contributed by atoms with van der Waals surface area (Å²) in [6.07, 6.45) is -26.7. The van der Waals surface area contributed by atoms with E-state index >= 15 is 0 Å². The zero-order valence-electron chi connectivity index (χ0n) is 21.3. The van der Waals surface area contributed by atoms with Crippen LogP contribution in [0.1, 0.15) is 16.7 Å². The number of alkyl halides is 10. The van der Waals surface area contributed by atoms with Gasteiger partial charge in [-0.15, -0.1) is 0 Å². The Balaban J connectivity index is 2.27. The molecule has 2 unspecified atom stereocenters. The van der Waals surface area contributed by atoms with Gasteiger partial charge in [0.1, 0.15) is 23.5 Å². The Morgan fingerprint density at radius 1 is 0.721 bits per heavy atom. The summed E-state index contributed by atoms with van der Waals surface area (Å²) >= 11 is 0. The van der Waals surface area contributed by atoms with Crippen LogP contribution in [0.3, 0.4) is 0 Å². The Hall–Kier alpha value is -3.50. The minimum Gasteiger partial charge on any atom is -0.428 e. The molecule has 0 spiro atoms. The van der Waals surface area contributed by atoms with E-state index in [1.807, 2.05) is 0 Å². The first-order valence-corrected chi connectivity index (χ1v) is 12.0. The van der Waals surface area contributed by atoms with Gasteiger partial charge < -0.3 is 20.3 Å². The lowest BCUT2D eigenvalue weighted by atomic mass is 9.77. The molecule has 3 aromatic carbocycles. The fraction of sp³-hybridized carbons (Fsp3) is 0.333. The molecule has 0 aliphatic carbocycles. The molecule has 0 aliphatic rings. The van der Waals surface area contributed by atoms with E-state index < -0.39 is 78.0 Å². The second kappa shape index (κ2) is 12.2.